The lowest BCUT2D eigenvalue weighted by atomic mass is 10.0. The van der Waals surface area contributed by atoms with Crippen LogP contribution >= 0.6 is 15.9 Å². The molecule has 20 heavy (non-hydrogen) atoms. The number of rotatable bonds is 11. The van der Waals surface area contributed by atoms with Crippen molar-refractivity contribution in [2.45, 2.75) is 26.4 Å². The Labute approximate surface area is 130 Å². The first-order chi connectivity index (χ1) is 9.74. The highest BCUT2D eigenvalue weighted by atomic mass is 79.9. The van der Waals surface area contributed by atoms with Gasteiger partial charge in [0, 0.05) is 5.33 Å². The van der Waals surface area contributed by atoms with E-state index in [9.17, 15) is 0 Å². The Kier molecular flexibility index (Phi) is 9.93. The zero-order chi connectivity index (χ0) is 14.6. The van der Waals surface area contributed by atoms with E-state index in [1.165, 1.54) is 11.1 Å². The van der Waals surface area contributed by atoms with Gasteiger partial charge in [0.15, 0.2) is 0 Å². The van der Waals surface area contributed by atoms with E-state index in [0.29, 0.717) is 39.0 Å². The first-order valence-corrected chi connectivity index (χ1v) is 8.24. The molecule has 0 fully saturated rings. The smallest absolute Gasteiger partial charge is 0.0718 e. The predicted octanol–water partition coefficient (Wildman–Crippen LogP) is 3.75. The van der Waals surface area contributed by atoms with E-state index in [0.717, 1.165) is 11.9 Å². The summed E-state index contributed by atoms with van der Waals surface area (Å²) in [5.74, 6) is 0.574. The van der Waals surface area contributed by atoms with Crippen LogP contribution in [0.2, 0.25) is 0 Å². The average molecular weight is 345 g/mol. The van der Waals surface area contributed by atoms with Crippen LogP contribution in [-0.2, 0) is 20.8 Å². The Bertz CT molecular complexity index is 338. The van der Waals surface area contributed by atoms with Crippen molar-refractivity contribution in [3.63, 3.8) is 0 Å². The van der Waals surface area contributed by atoms with Crippen molar-refractivity contribution in [2.24, 2.45) is 0 Å². The van der Waals surface area contributed by atoms with Crippen molar-refractivity contribution in [1.82, 2.24) is 0 Å². The summed E-state index contributed by atoms with van der Waals surface area (Å²) in [4.78, 5) is 0. The molecule has 0 radical (unpaired) electrons. The standard InChI is InChI=1S/C16H25BrO3/c1-14(2)16-5-3-15(4-6-16)13-20-12-11-19-10-9-18-8-7-17/h3-6,14H,7-13H2,1-2H3. The van der Waals surface area contributed by atoms with Gasteiger partial charge in [-0.3, -0.25) is 0 Å². The Morgan fingerprint density at radius 3 is 1.95 bits per heavy atom. The number of halogens is 1. The van der Waals surface area contributed by atoms with Crippen molar-refractivity contribution in [2.75, 3.05) is 38.4 Å². The maximum absolute atomic E-state index is 5.57. The lowest BCUT2D eigenvalue weighted by Gasteiger charge is -2.08. The second-order valence-electron chi connectivity index (χ2n) is 4.86. The highest BCUT2D eigenvalue weighted by molar-refractivity contribution is 9.09. The summed E-state index contributed by atoms with van der Waals surface area (Å²) in [6.07, 6.45) is 0. The maximum atomic E-state index is 5.57. The molecule has 0 bridgehead atoms. The van der Waals surface area contributed by atoms with Gasteiger partial charge in [-0.1, -0.05) is 54.0 Å². The van der Waals surface area contributed by atoms with Gasteiger partial charge in [0.05, 0.1) is 39.6 Å². The molecule has 1 aromatic carbocycles. The van der Waals surface area contributed by atoms with Crippen LogP contribution in [0.5, 0.6) is 0 Å². The van der Waals surface area contributed by atoms with E-state index >= 15 is 0 Å². The topological polar surface area (TPSA) is 27.7 Å². The minimum absolute atomic E-state index is 0.574. The second kappa shape index (κ2) is 11.3. The molecule has 0 N–H and O–H groups in total. The molecule has 0 saturated carbocycles. The molecule has 0 saturated heterocycles. The normalized spacial score (nSPS) is 11.2. The van der Waals surface area contributed by atoms with E-state index in [-0.39, 0.29) is 0 Å². The summed E-state index contributed by atoms with van der Waals surface area (Å²) < 4.78 is 16.3. The molecule has 0 atom stereocenters. The second-order valence-corrected chi connectivity index (χ2v) is 5.66. The molecule has 0 aromatic heterocycles. The summed E-state index contributed by atoms with van der Waals surface area (Å²) in [7, 11) is 0. The van der Waals surface area contributed by atoms with Crippen molar-refractivity contribution in [3.8, 4) is 0 Å². The van der Waals surface area contributed by atoms with E-state index in [1.54, 1.807) is 0 Å². The summed E-state index contributed by atoms with van der Waals surface area (Å²) in [6.45, 7) is 8.26. The molecular formula is C16H25BrO3. The average Bonchev–Trinajstić information content (AvgIpc) is 2.46. The van der Waals surface area contributed by atoms with E-state index in [4.69, 9.17) is 14.2 Å². The third-order valence-electron chi connectivity index (χ3n) is 2.88. The molecule has 0 spiro atoms. The van der Waals surface area contributed by atoms with Gasteiger partial charge in [-0.25, -0.2) is 0 Å². The van der Waals surface area contributed by atoms with Crippen LogP contribution in [0, 0.1) is 0 Å². The zero-order valence-corrected chi connectivity index (χ0v) is 14.0. The summed E-state index contributed by atoms with van der Waals surface area (Å²) >= 11 is 3.30. The molecule has 0 aliphatic rings. The molecule has 1 aromatic rings. The molecule has 4 heteroatoms. The predicted molar refractivity (Wildman–Crippen MR) is 85.6 cm³/mol. The first-order valence-electron chi connectivity index (χ1n) is 7.12. The minimum Gasteiger partial charge on any atom is -0.378 e. The molecule has 0 heterocycles. The van der Waals surface area contributed by atoms with E-state index in [2.05, 4.69) is 54.0 Å². The quantitative estimate of drug-likeness (QED) is 0.452. The Morgan fingerprint density at radius 1 is 0.850 bits per heavy atom. The van der Waals surface area contributed by atoms with Gasteiger partial charge in [-0.15, -0.1) is 0 Å². The van der Waals surface area contributed by atoms with Gasteiger partial charge in [0.2, 0.25) is 0 Å². The highest BCUT2D eigenvalue weighted by Crippen LogP contribution is 2.14. The fraction of sp³-hybridized carbons (Fsp3) is 0.625. The lowest BCUT2D eigenvalue weighted by Crippen LogP contribution is -2.10. The van der Waals surface area contributed by atoms with Crippen LogP contribution in [0.3, 0.4) is 0 Å². The number of alkyl halides is 1. The molecule has 0 unspecified atom stereocenters. The fourth-order valence-corrected chi connectivity index (χ4v) is 1.91. The minimum atomic E-state index is 0.574. The zero-order valence-electron chi connectivity index (χ0n) is 12.4. The summed E-state index contributed by atoms with van der Waals surface area (Å²) in [5, 5.41) is 0.867. The molecule has 0 amide bonds. The molecule has 3 nitrogen and oxygen atoms in total. The van der Waals surface area contributed by atoms with Crippen LogP contribution in [0.4, 0.5) is 0 Å². The molecule has 114 valence electrons. The number of hydrogen-bond acceptors (Lipinski definition) is 3. The first kappa shape index (κ1) is 17.6. The number of ether oxygens (including phenoxy) is 3. The van der Waals surface area contributed by atoms with Crippen LogP contribution < -0.4 is 0 Å². The van der Waals surface area contributed by atoms with E-state index in [1.807, 2.05) is 0 Å². The Hall–Kier alpha value is -0.420. The molecule has 1 rings (SSSR count). The van der Waals surface area contributed by atoms with Crippen LogP contribution in [0.25, 0.3) is 0 Å². The Morgan fingerprint density at radius 2 is 1.40 bits per heavy atom. The van der Waals surface area contributed by atoms with Crippen LogP contribution in [0.15, 0.2) is 24.3 Å². The van der Waals surface area contributed by atoms with Crippen molar-refractivity contribution >= 4 is 15.9 Å². The van der Waals surface area contributed by atoms with Gasteiger partial charge in [0.25, 0.3) is 0 Å². The van der Waals surface area contributed by atoms with Gasteiger partial charge in [-0.2, -0.15) is 0 Å². The van der Waals surface area contributed by atoms with Crippen LogP contribution in [0.1, 0.15) is 30.9 Å². The number of benzene rings is 1. The van der Waals surface area contributed by atoms with Gasteiger partial charge in [0.1, 0.15) is 0 Å². The SMILES string of the molecule is CC(C)c1ccc(COCCOCCOCCBr)cc1. The lowest BCUT2D eigenvalue weighted by molar-refractivity contribution is 0.0133. The van der Waals surface area contributed by atoms with Gasteiger partial charge in [-0.05, 0) is 17.0 Å². The van der Waals surface area contributed by atoms with Crippen molar-refractivity contribution < 1.29 is 14.2 Å². The van der Waals surface area contributed by atoms with Crippen molar-refractivity contribution in [3.05, 3.63) is 35.4 Å². The maximum Gasteiger partial charge on any atom is 0.0718 e. The Balaban J connectivity index is 2.01. The molecule has 0 aliphatic carbocycles. The van der Waals surface area contributed by atoms with E-state index < -0.39 is 0 Å². The molecular weight excluding hydrogens is 320 g/mol. The van der Waals surface area contributed by atoms with Gasteiger partial charge >= 0.3 is 0 Å². The number of hydrogen-bond donors (Lipinski definition) is 0. The fourth-order valence-electron chi connectivity index (χ4n) is 1.68. The third-order valence-corrected chi connectivity index (χ3v) is 3.20. The van der Waals surface area contributed by atoms with Gasteiger partial charge < -0.3 is 14.2 Å². The highest BCUT2D eigenvalue weighted by Gasteiger charge is 1.99. The summed E-state index contributed by atoms with van der Waals surface area (Å²) in [5.41, 5.74) is 2.57. The monoisotopic (exact) mass is 344 g/mol. The largest absolute Gasteiger partial charge is 0.378 e. The third kappa shape index (κ3) is 8.00. The summed E-state index contributed by atoms with van der Waals surface area (Å²) in [6, 6.07) is 8.59. The van der Waals surface area contributed by atoms with Crippen LogP contribution in [-0.4, -0.2) is 38.4 Å². The molecule has 0 aliphatic heterocycles. The van der Waals surface area contributed by atoms with Crippen molar-refractivity contribution in [1.29, 1.82) is 0 Å².